The Balaban J connectivity index is 4.21. The summed E-state index contributed by atoms with van der Waals surface area (Å²) in [6.07, 6.45) is 92.2. The lowest BCUT2D eigenvalue weighted by molar-refractivity contribution is -0.166. The molecular formula is C72H118O6. The lowest BCUT2D eigenvalue weighted by Gasteiger charge is -2.18. The van der Waals surface area contributed by atoms with Crippen LogP contribution in [0.2, 0.25) is 0 Å². The molecule has 0 spiro atoms. The van der Waals surface area contributed by atoms with Gasteiger partial charge in [0.15, 0.2) is 6.10 Å². The van der Waals surface area contributed by atoms with E-state index in [4.69, 9.17) is 14.2 Å². The summed E-state index contributed by atoms with van der Waals surface area (Å²) in [5, 5.41) is 0. The van der Waals surface area contributed by atoms with Crippen LogP contribution in [0, 0.1) is 0 Å². The highest BCUT2D eigenvalue weighted by molar-refractivity contribution is 5.72. The molecule has 0 bridgehead atoms. The molecule has 0 aliphatic heterocycles. The summed E-state index contributed by atoms with van der Waals surface area (Å²) in [5.74, 6) is -1.06. The van der Waals surface area contributed by atoms with Crippen molar-refractivity contribution in [3.63, 3.8) is 0 Å². The molecule has 0 fully saturated rings. The Kier molecular flexibility index (Phi) is 61.4. The van der Waals surface area contributed by atoms with Gasteiger partial charge in [-0.2, -0.15) is 0 Å². The van der Waals surface area contributed by atoms with Gasteiger partial charge < -0.3 is 14.2 Å². The summed E-state index contributed by atoms with van der Waals surface area (Å²) in [4.78, 5) is 38.1. The molecular weight excluding hydrogens is 961 g/mol. The van der Waals surface area contributed by atoms with Crippen molar-refractivity contribution >= 4 is 17.9 Å². The van der Waals surface area contributed by atoms with E-state index in [1.54, 1.807) is 6.08 Å². The molecule has 6 heteroatoms. The van der Waals surface area contributed by atoms with E-state index >= 15 is 0 Å². The lowest BCUT2D eigenvalue weighted by atomic mass is 10.0. The number of ether oxygens (including phenoxy) is 3. The molecule has 0 aliphatic rings. The number of esters is 3. The molecule has 0 N–H and O–H groups in total. The fraction of sp³-hybridized carbons (Fsp3) is 0.653. The molecule has 0 amide bonds. The zero-order valence-corrected chi connectivity index (χ0v) is 50.6. The molecule has 0 saturated heterocycles. The molecule has 0 aromatic carbocycles. The van der Waals surface area contributed by atoms with Gasteiger partial charge in [0, 0.05) is 12.8 Å². The average Bonchev–Trinajstić information content (AvgIpc) is 3.44. The maximum absolute atomic E-state index is 12.8. The number of unbranched alkanes of at least 4 members (excludes halogenated alkanes) is 25. The predicted molar refractivity (Wildman–Crippen MR) is 339 cm³/mol. The summed E-state index contributed by atoms with van der Waals surface area (Å²) in [7, 11) is 0. The smallest absolute Gasteiger partial charge is 0.310 e. The van der Waals surface area contributed by atoms with Crippen LogP contribution >= 0.6 is 0 Å². The summed E-state index contributed by atoms with van der Waals surface area (Å²) in [6, 6.07) is 0. The molecule has 0 heterocycles. The van der Waals surface area contributed by atoms with Crippen molar-refractivity contribution in [2.75, 3.05) is 13.2 Å². The molecule has 0 aromatic rings. The van der Waals surface area contributed by atoms with Crippen molar-refractivity contribution < 1.29 is 28.6 Å². The zero-order valence-electron chi connectivity index (χ0n) is 50.6. The Hall–Kier alpha value is -4.45. The fourth-order valence-electron chi connectivity index (χ4n) is 8.66. The number of carbonyl (C=O) groups excluding carboxylic acids is 3. The first-order chi connectivity index (χ1) is 38.5. The number of allylic oxidation sites excluding steroid dienone is 21. The number of hydrogen-bond donors (Lipinski definition) is 0. The number of hydrogen-bond acceptors (Lipinski definition) is 6. The molecule has 6 nitrogen and oxygen atoms in total. The average molecular weight is 1080 g/mol. The van der Waals surface area contributed by atoms with E-state index in [1.807, 2.05) is 6.08 Å². The Bertz CT molecular complexity index is 1670. The first kappa shape index (κ1) is 73.5. The van der Waals surface area contributed by atoms with Crippen LogP contribution in [0.5, 0.6) is 0 Å². The van der Waals surface area contributed by atoms with Crippen LogP contribution in [0.4, 0.5) is 0 Å². The fourth-order valence-corrected chi connectivity index (χ4v) is 8.66. The van der Waals surface area contributed by atoms with E-state index in [-0.39, 0.29) is 31.6 Å². The Morgan fingerprint density at radius 2 is 0.538 bits per heavy atom. The van der Waals surface area contributed by atoms with Crippen molar-refractivity contribution in [2.45, 2.75) is 290 Å². The van der Waals surface area contributed by atoms with E-state index in [9.17, 15) is 14.4 Å². The second kappa shape index (κ2) is 65.1. The monoisotopic (exact) mass is 1080 g/mol. The molecule has 0 radical (unpaired) electrons. The van der Waals surface area contributed by atoms with Gasteiger partial charge in [0.1, 0.15) is 13.2 Å². The molecule has 1 unspecified atom stereocenters. The van der Waals surface area contributed by atoms with Gasteiger partial charge in [-0.15, -0.1) is 0 Å². The third-order valence-electron chi connectivity index (χ3n) is 13.4. The maximum Gasteiger partial charge on any atom is 0.310 e. The van der Waals surface area contributed by atoms with Gasteiger partial charge in [0.05, 0.1) is 6.42 Å². The van der Waals surface area contributed by atoms with Gasteiger partial charge in [-0.25, -0.2) is 0 Å². The van der Waals surface area contributed by atoms with Gasteiger partial charge in [0.25, 0.3) is 0 Å². The molecule has 78 heavy (non-hydrogen) atoms. The SMILES string of the molecule is CC/C=C\C/C=C\C/C=C\C/C=C\C/C=C\CCCCCCCCCCCCCCCCCCCC(=O)OCC(COC(=O)CCCCCCC/C=C\CCCCC)OC(=O)C/C=C\C/C=C\C/C=C\C/C=C\C/C=C\CC. The van der Waals surface area contributed by atoms with Gasteiger partial charge >= 0.3 is 17.9 Å². The van der Waals surface area contributed by atoms with Crippen molar-refractivity contribution in [3.8, 4) is 0 Å². The molecule has 0 aliphatic carbocycles. The van der Waals surface area contributed by atoms with E-state index in [1.165, 1.54) is 128 Å². The van der Waals surface area contributed by atoms with Crippen LogP contribution in [-0.2, 0) is 28.6 Å². The predicted octanol–water partition coefficient (Wildman–Crippen LogP) is 22.2. The van der Waals surface area contributed by atoms with Crippen LogP contribution < -0.4 is 0 Å². The molecule has 1 atom stereocenters. The summed E-state index contributed by atoms with van der Waals surface area (Å²) in [5.41, 5.74) is 0. The van der Waals surface area contributed by atoms with E-state index in [0.29, 0.717) is 12.8 Å². The summed E-state index contributed by atoms with van der Waals surface area (Å²) in [6.45, 7) is 6.30. The van der Waals surface area contributed by atoms with Gasteiger partial charge in [-0.3, -0.25) is 14.4 Å². The minimum Gasteiger partial charge on any atom is -0.462 e. The largest absolute Gasteiger partial charge is 0.462 e. The van der Waals surface area contributed by atoms with Crippen LogP contribution in [-0.4, -0.2) is 37.2 Å². The summed E-state index contributed by atoms with van der Waals surface area (Å²) >= 11 is 0. The van der Waals surface area contributed by atoms with Crippen molar-refractivity contribution in [1.29, 1.82) is 0 Å². The van der Waals surface area contributed by atoms with Gasteiger partial charge in [-0.1, -0.05) is 283 Å². The minimum absolute atomic E-state index is 0.0928. The highest BCUT2D eigenvalue weighted by Gasteiger charge is 2.19. The number of rotatable bonds is 57. The van der Waals surface area contributed by atoms with Crippen LogP contribution in [0.1, 0.15) is 284 Å². The van der Waals surface area contributed by atoms with E-state index in [0.717, 1.165) is 116 Å². The second-order valence-corrected chi connectivity index (χ2v) is 20.9. The lowest BCUT2D eigenvalue weighted by Crippen LogP contribution is -2.30. The minimum atomic E-state index is -0.838. The molecule has 442 valence electrons. The zero-order chi connectivity index (χ0) is 56.4. The molecule has 0 saturated carbocycles. The topological polar surface area (TPSA) is 78.9 Å². The van der Waals surface area contributed by atoms with Crippen LogP contribution in [0.3, 0.4) is 0 Å². The Morgan fingerprint density at radius 3 is 0.859 bits per heavy atom. The van der Waals surface area contributed by atoms with E-state index < -0.39 is 12.1 Å². The Labute approximate surface area is 481 Å². The van der Waals surface area contributed by atoms with Crippen molar-refractivity contribution in [1.82, 2.24) is 0 Å². The standard InChI is InChI=1S/C72H118O6/c1-4-7-10-13-16-19-22-25-27-28-29-30-31-32-33-34-35-36-37-38-39-40-41-42-43-44-46-47-50-53-56-59-62-65-71(74)77-68-69(67-76-70(73)64-61-58-55-52-49-24-21-18-15-12-9-6-3)78-72(75)66-63-60-57-54-51-48-45-26-23-20-17-14-11-8-5-2/h7-8,10-11,16-21,25-27,29-30,32-33,45,51,54,60,63,69H,4-6,9,12-15,22-24,28,31,34-44,46-50,52-53,55-59,61-62,64-68H2,1-3H3/b10-7-,11-8-,19-16-,20-17-,21-18-,27-25-,30-29-,33-32-,45-26-,54-51-,63-60-. The first-order valence-electron chi connectivity index (χ1n) is 32.2. The van der Waals surface area contributed by atoms with Gasteiger partial charge in [-0.05, 0) is 116 Å². The second-order valence-electron chi connectivity index (χ2n) is 20.9. The van der Waals surface area contributed by atoms with E-state index in [2.05, 4.69) is 142 Å². The van der Waals surface area contributed by atoms with Crippen molar-refractivity contribution in [2.24, 2.45) is 0 Å². The quantitative estimate of drug-likeness (QED) is 0.0261. The maximum atomic E-state index is 12.8. The van der Waals surface area contributed by atoms with Crippen LogP contribution in [0.25, 0.3) is 0 Å². The van der Waals surface area contributed by atoms with Crippen molar-refractivity contribution in [3.05, 3.63) is 134 Å². The highest BCUT2D eigenvalue weighted by atomic mass is 16.6. The first-order valence-corrected chi connectivity index (χ1v) is 32.2. The normalized spacial score (nSPS) is 13.0. The molecule has 0 rings (SSSR count). The van der Waals surface area contributed by atoms with Crippen LogP contribution in [0.15, 0.2) is 134 Å². The molecule has 0 aromatic heterocycles. The number of carbonyl (C=O) groups is 3. The highest BCUT2D eigenvalue weighted by Crippen LogP contribution is 2.16. The van der Waals surface area contributed by atoms with Gasteiger partial charge in [0.2, 0.25) is 0 Å². The third kappa shape index (κ3) is 62.4. The third-order valence-corrected chi connectivity index (χ3v) is 13.4. The Morgan fingerprint density at radius 1 is 0.282 bits per heavy atom. The summed E-state index contributed by atoms with van der Waals surface area (Å²) < 4.78 is 16.8.